The van der Waals surface area contributed by atoms with Gasteiger partial charge in [0.2, 0.25) is 5.91 Å². The highest BCUT2D eigenvalue weighted by atomic mass is 16.3. The Bertz CT molecular complexity index is 201. The van der Waals surface area contributed by atoms with E-state index in [0.717, 1.165) is 12.8 Å². The molecule has 96 valence electrons. The first-order chi connectivity index (χ1) is 7.43. The number of hydrogen-bond acceptors (Lipinski definition) is 3. The molecular formula is C12H26N2O2. The van der Waals surface area contributed by atoms with Crippen LogP contribution in [-0.2, 0) is 4.79 Å². The van der Waals surface area contributed by atoms with Crippen molar-refractivity contribution in [3.8, 4) is 0 Å². The van der Waals surface area contributed by atoms with E-state index in [1.165, 1.54) is 0 Å². The second-order valence-corrected chi connectivity index (χ2v) is 4.58. The summed E-state index contributed by atoms with van der Waals surface area (Å²) in [4.78, 5) is 11.3. The van der Waals surface area contributed by atoms with Crippen molar-refractivity contribution < 1.29 is 9.90 Å². The van der Waals surface area contributed by atoms with Gasteiger partial charge in [0.25, 0.3) is 0 Å². The number of carbonyl (C=O) groups excluding carboxylic acids is 1. The van der Waals surface area contributed by atoms with Gasteiger partial charge in [0.1, 0.15) is 0 Å². The van der Waals surface area contributed by atoms with Crippen LogP contribution in [0, 0.1) is 0 Å². The standard InChI is InChI=1S/C12H26N2O2/c1-5-12(16,6-2)9-13-8-7-11(15)14-10(3)4/h10,13,16H,5-9H2,1-4H3,(H,14,15). The van der Waals surface area contributed by atoms with Crippen LogP contribution in [0.4, 0.5) is 0 Å². The average molecular weight is 230 g/mol. The first kappa shape index (κ1) is 15.4. The molecule has 0 heterocycles. The van der Waals surface area contributed by atoms with Crippen molar-refractivity contribution in [1.82, 2.24) is 10.6 Å². The monoisotopic (exact) mass is 230 g/mol. The molecular weight excluding hydrogens is 204 g/mol. The maximum Gasteiger partial charge on any atom is 0.221 e. The van der Waals surface area contributed by atoms with Gasteiger partial charge in [0.15, 0.2) is 0 Å². The van der Waals surface area contributed by atoms with Crippen LogP contribution in [0.5, 0.6) is 0 Å². The molecule has 0 aliphatic rings. The lowest BCUT2D eigenvalue weighted by atomic mass is 9.98. The maximum atomic E-state index is 11.3. The van der Waals surface area contributed by atoms with Crippen LogP contribution >= 0.6 is 0 Å². The lowest BCUT2D eigenvalue weighted by Gasteiger charge is -2.25. The molecule has 3 N–H and O–H groups in total. The summed E-state index contributed by atoms with van der Waals surface area (Å²) in [6, 6.07) is 0.190. The predicted octanol–water partition coefficient (Wildman–Crippen LogP) is 1.04. The van der Waals surface area contributed by atoms with Crippen LogP contribution in [0.2, 0.25) is 0 Å². The van der Waals surface area contributed by atoms with Gasteiger partial charge in [0.05, 0.1) is 5.60 Å². The summed E-state index contributed by atoms with van der Waals surface area (Å²) in [6.45, 7) is 8.99. The Morgan fingerprint density at radius 3 is 2.31 bits per heavy atom. The summed E-state index contributed by atoms with van der Waals surface area (Å²) in [6.07, 6.45) is 1.92. The molecule has 4 nitrogen and oxygen atoms in total. The summed E-state index contributed by atoms with van der Waals surface area (Å²) in [7, 11) is 0. The minimum atomic E-state index is -0.630. The summed E-state index contributed by atoms with van der Waals surface area (Å²) < 4.78 is 0. The van der Waals surface area contributed by atoms with Crippen molar-refractivity contribution in [2.45, 2.75) is 58.6 Å². The first-order valence-corrected chi connectivity index (χ1v) is 6.16. The fraction of sp³-hybridized carbons (Fsp3) is 0.917. The SMILES string of the molecule is CCC(O)(CC)CNCCC(=O)NC(C)C. The Morgan fingerprint density at radius 2 is 1.88 bits per heavy atom. The van der Waals surface area contributed by atoms with Gasteiger partial charge in [-0.2, -0.15) is 0 Å². The molecule has 0 aromatic rings. The highest BCUT2D eigenvalue weighted by Gasteiger charge is 2.21. The third-order valence-corrected chi connectivity index (χ3v) is 2.75. The van der Waals surface area contributed by atoms with Crippen molar-refractivity contribution in [1.29, 1.82) is 0 Å². The largest absolute Gasteiger partial charge is 0.389 e. The topological polar surface area (TPSA) is 61.4 Å². The molecule has 0 fully saturated rings. The normalized spacial score (nSPS) is 11.9. The molecule has 0 saturated heterocycles. The molecule has 0 aromatic carbocycles. The van der Waals surface area contributed by atoms with Gasteiger partial charge in [-0.15, -0.1) is 0 Å². The van der Waals surface area contributed by atoms with Gasteiger partial charge >= 0.3 is 0 Å². The molecule has 0 radical (unpaired) electrons. The van der Waals surface area contributed by atoms with Crippen molar-refractivity contribution in [3.63, 3.8) is 0 Å². The Labute approximate surface area is 98.8 Å². The van der Waals surface area contributed by atoms with Gasteiger partial charge in [-0.1, -0.05) is 13.8 Å². The third-order valence-electron chi connectivity index (χ3n) is 2.75. The Morgan fingerprint density at radius 1 is 1.31 bits per heavy atom. The highest BCUT2D eigenvalue weighted by molar-refractivity contribution is 5.76. The van der Waals surface area contributed by atoms with Gasteiger partial charge in [-0.05, 0) is 26.7 Å². The minimum Gasteiger partial charge on any atom is -0.389 e. The summed E-state index contributed by atoms with van der Waals surface area (Å²) in [5, 5.41) is 15.9. The van der Waals surface area contributed by atoms with Crippen LogP contribution in [0.1, 0.15) is 47.0 Å². The van der Waals surface area contributed by atoms with Gasteiger partial charge in [-0.25, -0.2) is 0 Å². The van der Waals surface area contributed by atoms with E-state index in [9.17, 15) is 9.90 Å². The fourth-order valence-corrected chi connectivity index (χ4v) is 1.42. The second-order valence-electron chi connectivity index (χ2n) is 4.58. The number of nitrogens with one attached hydrogen (secondary N) is 2. The molecule has 0 aliphatic carbocycles. The maximum absolute atomic E-state index is 11.3. The zero-order valence-electron chi connectivity index (χ0n) is 11.0. The quantitative estimate of drug-likeness (QED) is 0.546. The van der Waals surface area contributed by atoms with E-state index >= 15 is 0 Å². The molecule has 0 aliphatic heterocycles. The van der Waals surface area contributed by atoms with Gasteiger partial charge < -0.3 is 15.7 Å². The van der Waals surface area contributed by atoms with Crippen LogP contribution < -0.4 is 10.6 Å². The van der Waals surface area contributed by atoms with Crippen molar-refractivity contribution in [2.75, 3.05) is 13.1 Å². The van der Waals surface area contributed by atoms with E-state index < -0.39 is 5.60 Å². The number of hydrogen-bond donors (Lipinski definition) is 3. The van der Waals surface area contributed by atoms with Gasteiger partial charge in [0, 0.05) is 25.6 Å². The zero-order valence-corrected chi connectivity index (χ0v) is 11.0. The summed E-state index contributed by atoms with van der Waals surface area (Å²) in [5.74, 6) is 0.0547. The third kappa shape index (κ3) is 6.80. The Hall–Kier alpha value is -0.610. The van der Waals surface area contributed by atoms with Gasteiger partial charge in [-0.3, -0.25) is 4.79 Å². The Kier molecular flexibility index (Phi) is 7.34. The predicted molar refractivity (Wildman–Crippen MR) is 66.3 cm³/mol. The molecule has 0 rings (SSSR count). The molecule has 16 heavy (non-hydrogen) atoms. The van der Waals surface area contributed by atoms with Crippen LogP contribution in [0.25, 0.3) is 0 Å². The zero-order chi connectivity index (χ0) is 12.6. The van der Waals surface area contributed by atoms with Crippen molar-refractivity contribution >= 4 is 5.91 Å². The van der Waals surface area contributed by atoms with E-state index in [0.29, 0.717) is 19.5 Å². The minimum absolute atomic E-state index is 0.0547. The van der Waals surface area contributed by atoms with E-state index in [2.05, 4.69) is 10.6 Å². The first-order valence-electron chi connectivity index (χ1n) is 6.16. The fourth-order valence-electron chi connectivity index (χ4n) is 1.42. The van der Waals surface area contributed by atoms with E-state index in [-0.39, 0.29) is 11.9 Å². The second kappa shape index (κ2) is 7.63. The highest BCUT2D eigenvalue weighted by Crippen LogP contribution is 2.12. The average Bonchev–Trinajstić information content (AvgIpc) is 2.23. The van der Waals surface area contributed by atoms with Crippen LogP contribution in [0.15, 0.2) is 0 Å². The summed E-state index contributed by atoms with van der Waals surface area (Å²) >= 11 is 0. The molecule has 0 spiro atoms. The van der Waals surface area contributed by atoms with E-state index in [1.807, 2.05) is 27.7 Å². The van der Waals surface area contributed by atoms with Crippen molar-refractivity contribution in [3.05, 3.63) is 0 Å². The molecule has 1 amide bonds. The molecule has 0 aromatic heterocycles. The van der Waals surface area contributed by atoms with E-state index in [4.69, 9.17) is 0 Å². The molecule has 4 heteroatoms. The lowest BCUT2D eigenvalue weighted by molar-refractivity contribution is -0.121. The molecule has 0 saturated carbocycles. The number of rotatable bonds is 8. The lowest BCUT2D eigenvalue weighted by Crippen LogP contribution is -2.41. The number of aliphatic hydroxyl groups is 1. The Balaban J connectivity index is 3.63. The molecule has 0 bridgehead atoms. The van der Waals surface area contributed by atoms with Crippen LogP contribution in [-0.4, -0.2) is 35.7 Å². The smallest absolute Gasteiger partial charge is 0.221 e. The van der Waals surface area contributed by atoms with Crippen LogP contribution in [0.3, 0.4) is 0 Å². The summed E-state index contributed by atoms with van der Waals surface area (Å²) in [5.41, 5.74) is -0.630. The van der Waals surface area contributed by atoms with E-state index in [1.54, 1.807) is 0 Å². The molecule has 0 unspecified atom stereocenters. The molecule has 0 atom stereocenters. The van der Waals surface area contributed by atoms with Crippen molar-refractivity contribution in [2.24, 2.45) is 0 Å². The number of carbonyl (C=O) groups is 1. The number of amides is 1.